The van der Waals surface area contributed by atoms with Gasteiger partial charge in [0.1, 0.15) is 5.82 Å². The van der Waals surface area contributed by atoms with Crippen molar-refractivity contribution in [3.63, 3.8) is 0 Å². The van der Waals surface area contributed by atoms with Gasteiger partial charge in [-0.25, -0.2) is 15.0 Å². The quantitative estimate of drug-likeness (QED) is 0.225. The van der Waals surface area contributed by atoms with Gasteiger partial charge in [0.05, 0.1) is 11.4 Å². The van der Waals surface area contributed by atoms with Crippen LogP contribution in [0.2, 0.25) is 0 Å². The fraction of sp³-hybridized carbons (Fsp3) is 0.270. The number of ether oxygens (including phenoxy) is 1. The van der Waals surface area contributed by atoms with Gasteiger partial charge in [-0.3, -0.25) is 0 Å². The van der Waals surface area contributed by atoms with E-state index in [2.05, 4.69) is 102 Å². The highest BCUT2D eigenvalue weighted by atomic mass is 16.5. The molecule has 4 bridgehead atoms. The van der Waals surface area contributed by atoms with Crippen molar-refractivity contribution in [2.24, 2.45) is 11.8 Å². The zero-order valence-electron chi connectivity index (χ0n) is 23.5. The maximum Gasteiger partial charge on any atom is 0.163 e. The van der Waals surface area contributed by atoms with Crippen LogP contribution >= 0.6 is 0 Å². The molecule has 42 heavy (non-hydrogen) atoms. The van der Waals surface area contributed by atoms with Crippen molar-refractivity contribution in [2.75, 3.05) is 4.90 Å². The van der Waals surface area contributed by atoms with Gasteiger partial charge in [0.2, 0.25) is 0 Å². The van der Waals surface area contributed by atoms with Gasteiger partial charge in [0.15, 0.2) is 23.1 Å². The molecule has 0 saturated heterocycles. The standard InChI is InChI=1S/C37H32N4O/c1-3-11-27(12-4-1)33-38-34(28-13-5-2-6-14-28)40-35(39-33)36-20-25-19-26(21-36)23-37(22-25,24-36)41-29-15-7-9-17-31(29)42-32-18-10-8-16-30(32)41/h1-18,25-26H,19-24H2. The summed E-state index contributed by atoms with van der Waals surface area (Å²) >= 11 is 0. The van der Waals surface area contributed by atoms with E-state index in [0.717, 1.165) is 59.4 Å². The number of fused-ring (bicyclic) bond motifs is 2. The smallest absolute Gasteiger partial charge is 0.163 e. The van der Waals surface area contributed by atoms with E-state index < -0.39 is 0 Å². The zero-order chi connectivity index (χ0) is 27.7. The van der Waals surface area contributed by atoms with E-state index in [1.54, 1.807) is 0 Å². The Balaban J connectivity index is 1.22. The van der Waals surface area contributed by atoms with Crippen LogP contribution in [0.15, 0.2) is 109 Å². The molecule has 2 atom stereocenters. The largest absolute Gasteiger partial charge is 0.453 e. The van der Waals surface area contributed by atoms with E-state index in [4.69, 9.17) is 19.7 Å². The summed E-state index contributed by atoms with van der Waals surface area (Å²) in [5, 5.41) is 0. The molecule has 4 aliphatic carbocycles. The van der Waals surface area contributed by atoms with E-state index >= 15 is 0 Å². The first-order valence-corrected chi connectivity index (χ1v) is 15.2. The second-order valence-electron chi connectivity index (χ2n) is 12.9. The number of hydrogen-bond donors (Lipinski definition) is 0. The molecule has 0 N–H and O–H groups in total. The van der Waals surface area contributed by atoms with Crippen molar-refractivity contribution in [2.45, 2.75) is 49.5 Å². The summed E-state index contributed by atoms with van der Waals surface area (Å²) < 4.78 is 6.44. The summed E-state index contributed by atoms with van der Waals surface area (Å²) in [5.41, 5.74) is 4.31. The lowest BCUT2D eigenvalue weighted by molar-refractivity contribution is -0.0267. The number of anilines is 2. The zero-order valence-corrected chi connectivity index (χ0v) is 23.5. The molecule has 10 rings (SSSR count). The minimum absolute atomic E-state index is 0.0213. The molecule has 4 fully saturated rings. The predicted octanol–water partition coefficient (Wildman–Crippen LogP) is 8.74. The SMILES string of the molecule is c1ccc(-c2nc(-c3ccccc3)nc(C34CC5CC(C3)CC(N3c6ccccc6Oc6ccccc63)(C5)C4)n2)cc1. The Bertz CT molecular complexity index is 1690. The second-order valence-corrected chi connectivity index (χ2v) is 12.9. The Kier molecular flexibility index (Phi) is 5.17. The van der Waals surface area contributed by atoms with Gasteiger partial charge < -0.3 is 9.64 Å². The molecule has 2 unspecified atom stereocenters. The Labute approximate surface area is 246 Å². The fourth-order valence-corrected chi connectivity index (χ4v) is 9.00. The highest BCUT2D eigenvalue weighted by Gasteiger charge is 2.62. The third kappa shape index (κ3) is 3.65. The third-order valence-electron chi connectivity index (χ3n) is 10.1. The lowest BCUT2D eigenvalue weighted by atomic mass is 9.46. The molecule has 5 nitrogen and oxygen atoms in total. The monoisotopic (exact) mass is 548 g/mol. The van der Waals surface area contributed by atoms with Crippen LogP contribution in [-0.2, 0) is 5.41 Å². The molecule has 5 heteroatoms. The maximum absolute atomic E-state index is 6.44. The highest BCUT2D eigenvalue weighted by Crippen LogP contribution is 2.66. The van der Waals surface area contributed by atoms with Gasteiger partial charge in [0, 0.05) is 22.1 Å². The molecule has 1 aliphatic heterocycles. The summed E-state index contributed by atoms with van der Waals surface area (Å²) in [4.78, 5) is 18.3. The first-order valence-electron chi connectivity index (χ1n) is 15.2. The predicted molar refractivity (Wildman–Crippen MR) is 165 cm³/mol. The van der Waals surface area contributed by atoms with E-state index in [-0.39, 0.29) is 11.0 Å². The molecule has 5 aromatic rings. The molecule has 0 amide bonds. The van der Waals surface area contributed by atoms with Crippen LogP contribution < -0.4 is 9.64 Å². The first-order chi connectivity index (χ1) is 20.7. The van der Waals surface area contributed by atoms with Crippen LogP contribution in [0, 0.1) is 11.8 Å². The minimum atomic E-state index is -0.0950. The molecule has 206 valence electrons. The van der Waals surface area contributed by atoms with Crippen molar-refractivity contribution in [1.29, 1.82) is 0 Å². The van der Waals surface area contributed by atoms with Crippen LogP contribution in [0.25, 0.3) is 22.8 Å². The van der Waals surface area contributed by atoms with Crippen LogP contribution in [0.4, 0.5) is 11.4 Å². The third-order valence-corrected chi connectivity index (χ3v) is 10.1. The lowest BCUT2D eigenvalue weighted by Gasteiger charge is -2.65. The lowest BCUT2D eigenvalue weighted by Crippen LogP contribution is -2.64. The molecule has 2 heterocycles. The fourth-order valence-electron chi connectivity index (χ4n) is 9.00. The van der Waals surface area contributed by atoms with Crippen molar-refractivity contribution >= 4 is 11.4 Å². The van der Waals surface area contributed by atoms with Crippen molar-refractivity contribution in [3.05, 3.63) is 115 Å². The van der Waals surface area contributed by atoms with Gasteiger partial charge in [-0.15, -0.1) is 0 Å². The Hall–Kier alpha value is -4.51. The second kappa shape index (κ2) is 8.99. The Morgan fingerprint density at radius 3 is 1.62 bits per heavy atom. The molecule has 0 radical (unpaired) electrons. The van der Waals surface area contributed by atoms with Crippen LogP contribution in [0.1, 0.15) is 44.3 Å². The van der Waals surface area contributed by atoms with Crippen LogP contribution in [0.3, 0.4) is 0 Å². The van der Waals surface area contributed by atoms with Crippen molar-refractivity contribution in [3.8, 4) is 34.3 Å². The highest BCUT2D eigenvalue weighted by molar-refractivity contribution is 5.79. The van der Waals surface area contributed by atoms with Crippen molar-refractivity contribution < 1.29 is 4.74 Å². The summed E-state index contributed by atoms with van der Waals surface area (Å²) in [5.74, 6) is 5.69. The van der Waals surface area contributed by atoms with E-state index in [1.807, 2.05) is 12.1 Å². The van der Waals surface area contributed by atoms with Gasteiger partial charge >= 0.3 is 0 Å². The molecular weight excluding hydrogens is 516 g/mol. The average molecular weight is 549 g/mol. The normalized spacial score (nSPS) is 26.8. The number of benzene rings is 4. The number of nitrogens with zero attached hydrogens (tertiary/aromatic N) is 4. The Morgan fingerprint density at radius 2 is 1.07 bits per heavy atom. The summed E-state index contributed by atoms with van der Waals surface area (Å²) in [6, 6.07) is 37.9. The maximum atomic E-state index is 6.44. The number of rotatable bonds is 4. The van der Waals surface area contributed by atoms with Gasteiger partial charge in [-0.1, -0.05) is 84.9 Å². The summed E-state index contributed by atoms with van der Waals surface area (Å²) in [6.45, 7) is 0. The minimum Gasteiger partial charge on any atom is -0.453 e. The first kappa shape index (κ1) is 24.1. The Morgan fingerprint density at radius 1 is 0.571 bits per heavy atom. The molecular formula is C37H32N4O. The molecule has 1 aromatic heterocycles. The molecule has 0 spiro atoms. The molecule has 4 aromatic carbocycles. The number of hydrogen-bond acceptors (Lipinski definition) is 5. The van der Waals surface area contributed by atoms with Gasteiger partial charge in [-0.2, -0.15) is 0 Å². The summed E-state index contributed by atoms with van der Waals surface area (Å²) in [6.07, 6.45) is 7.00. The van der Waals surface area contributed by atoms with E-state index in [9.17, 15) is 0 Å². The summed E-state index contributed by atoms with van der Waals surface area (Å²) in [7, 11) is 0. The number of para-hydroxylation sites is 4. The molecule has 5 aliphatic rings. The van der Waals surface area contributed by atoms with Crippen molar-refractivity contribution in [1.82, 2.24) is 15.0 Å². The van der Waals surface area contributed by atoms with Gasteiger partial charge in [-0.05, 0) is 74.6 Å². The number of aromatic nitrogens is 3. The average Bonchev–Trinajstić information content (AvgIpc) is 3.03. The van der Waals surface area contributed by atoms with Gasteiger partial charge in [0.25, 0.3) is 0 Å². The van der Waals surface area contributed by atoms with Crippen LogP contribution in [-0.4, -0.2) is 20.5 Å². The van der Waals surface area contributed by atoms with E-state index in [1.165, 1.54) is 30.6 Å². The van der Waals surface area contributed by atoms with Crippen LogP contribution in [0.5, 0.6) is 11.5 Å². The van der Waals surface area contributed by atoms with E-state index in [0.29, 0.717) is 11.8 Å². The molecule has 4 saturated carbocycles. The topological polar surface area (TPSA) is 51.1 Å².